The van der Waals surface area contributed by atoms with Crippen LogP contribution in [0.3, 0.4) is 0 Å². The topological polar surface area (TPSA) is 73.9 Å². The van der Waals surface area contributed by atoms with Crippen molar-refractivity contribution in [2.75, 3.05) is 21.3 Å². The summed E-state index contributed by atoms with van der Waals surface area (Å²) < 4.78 is 16.0. The van der Waals surface area contributed by atoms with Crippen molar-refractivity contribution in [1.82, 2.24) is 0 Å². The van der Waals surface area contributed by atoms with Gasteiger partial charge in [-0.15, -0.1) is 0 Å². The van der Waals surface area contributed by atoms with Gasteiger partial charge in [-0.25, -0.2) is 0 Å². The van der Waals surface area contributed by atoms with E-state index >= 15 is 0 Å². The van der Waals surface area contributed by atoms with Crippen molar-refractivity contribution in [3.8, 4) is 17.2 Å². The fraction of sp³-hybridized carbons (Fsp3) is 0.600. The van der Waals surface area contributed by atoms with Crippen LogP contribution in [0.15, 0.2) is 12.1 Å². The van der Waals surface area contributed by atoms with E-state index in [1.807, 2.05) is 6.07 Å². The summed E-state index contributed by atoms with van der Waals surface area (Å²) in [6, 6.07) is 3.12. The zero-order chi connectivity index (χ0) is 14.7. The average Bonchev–Trinajstić information content (AvgIpc) is 2.42. The van der Waals surface area contributed by atoms with E-state index in [1.54, 1.807) is 27.4 Å². The first kappa shape index (κ1) is 14.9. The molecule has 1 aliphatic carbocycles. The van der Waals surface area contributed by atoms with Gasteiger partial charge in [0.1, 0.15) is 0 Å². The van der Waals surface area contributed by atoms with Crippen LogP contribution >= 0.6 is 0 Å². The summed E-state index contributed by atoms with van der Waals surface area (Å²) in [6.45, 7) is 0. The van der Waals surface area contributed by atoms with Crippen LogP contribution in [0.5, 0.6) is 17.2 Å². The van der Waals surface area contributed by atoms with Crippen LogP contribution in [-0.4, -0.2) is 32.5 Å². The molecule has 112 valence electrons. The Balaban J connectivity index is 2.34. The van der Waals surface area contributed by atoms with Gasteiger partial charge in [-0.2, -0.15) is 0 Å². The molecule has 3 N–H and O–H groups in total. The van der Waals surface area contributed by atoms with Gasteiger partial charge in [-0.05, 0) is 30.9 Å². The summed E-state index contributed by atoms with van der Waals surface area (Å²) in [5, 5.41) is 10.3. The van der Waals surface area contributed by atoms with Crippen molar-refractivity contribution in [3.05, 3.63) is 17.7 Å². The predicted molar refractivity (Wildman–Crippen MR) is 76.4 cm³/mol. The van der Waals surface area contributed by atoms with Crippen molar-refractivity contribution >= 4 is 0 Å². The maximum absolute atomic E-state index is 10.3. The molecule has 1 saturated carbocycles. The lowest BCUT2D eigenvalue weighted by Gasteiger charge is -2.34. The molecule has 0 aliphatic heterocycles. The zero-order valence-electron chi connectivity index (χ0n) is 12.3. The molecule has 2 atom stereocenters. The van der Waals surface area contributed by atoms with Crippen molar-refractivity contribution in [1.29, 1.82) is 0 Å². The van der Waals surface area contributed by atoms with Crippen LogP contribution in [-0.2, 0) is 0 Å². The Labute approximate surface area is 119 Å². The summed E-state index contributed by atoms with van der Waals surface area (Å²) >= 11 is 0. The number of methoxy groups -OCH3 is 3. The van der Waals surface area contributed by atoms with Gasteiger partial charge in [-0.1, -0.05) is 6.42 Å². The van der Waals surface area contributed by atoms with E-state index in [-0.39, 0.29) is 5.92 Å². The highest BCUT2D eigenvalue weighted by molar-refractivity contribution is 5.56. The second-order valence-electron chi connectivity index (χ2n) is 5.13. The normalized spacial score (nSPS) is 18.1. The van der Waals surface area contributed by atoms with Crippen LogP contribution in [0.1, 0.15) is 30.9 Å². The number of benzene rings is 1. The molecule has 0 aromatic heterocycles. The fourth-order valence-electron chi connectivity index (χ4n) is 2.65. The van der Waals surface area contributed by atoms with Gasteiger partial charge < -0.3 is 25.1 Å². The van der Waals surface area contributed by atoms with E-state index < -0.39 is 12.1 Å². The molecule has 20 heavy (non-hydrogen) atoms. The van der Waals surface area contributed by atoms with Gasteiger partial charge >= 0.3 is 0 Å². The average molecular weight is 281 g/mol. The molecule has 0 spiro atoms. The minimum atomic E-state index is -0.559. The number of hydrogen-bond donors (Lipinski definition) is 2. The maximum atomic E-state index is 10.3. The molecule has 1 aliphatic rings. The molecule has 0 radical (unpaired) electrons. The Bertz CT molecular complexity index is 459. The quantitative estimate of drug-likeness (QED) is 0.832. The molecule has 1 aromatic carbocycles. The molecule has 0 heterocycles. The van der Waals surface area contributed by atoms with Gasteiger partial charge in [0.05, 0.1) is 33.5 Å². The Morgan fingerprint density at radius 3 is 2.20 bits per heavy atom. The van der Waals surface area contributed by atoms with Gasteiger partial charge in [0.2, 0.25) is 5.75 Å². The SMILES string of the molecule is COc1ccc([C@H](N)[C@H](O)C2CCC2)c(OC)c1OC. The van der Waals surface area contributed by atoms with Gasteiger partial charge in [-0.3, -0.25) is 0 Å². The molecule has 1 aromatic rings. The van der Waals surface area contributed by atoms with Gasteiger partial charge in [0, 0.05) is 5.56 Å². The zero-order valence-corrected chi connectivity index (χ0v) is 12.3. The number of aliphatic hydroxyl groups excluding tert-OH is 1. The van der Waals surface area contributed by atoms with Crippen LogP contribution in [0.25, 0.3) is 0 Å². The molecule has 0 unspecified atom stereocenters. The fourth-order valence-corrected chi connectivity index (χ4v) is 2.65. The molecule has 2 rings (SSSR count). The van der Waals surface area contributed by atoms with Crippen LogP contribution in [0.2, 0.25) is 0 Å². The number of rotatable bonds is 6. The largest absolute Gasteiger partial charge is 0.493 e. The number of hydrogen-bond acceptors (Lipinski definition) is 5. The highest BCUT2D eigenvalue weighted by atomic mass is 16.5. The first-order chi connectivity index (χ1) is 9.63. The van der Waals surface area contributed by atoms with Crippen LogP contribution in [0.4, 0.5) is 0 Å². The summed E-state index contributed by atoms with van der Waals surface area (Å²) in [5.74, 6) is 1.89. The third-order valence-electron chi connectivity index (χ3n) is 4.09. The standard InChI is InChI=1S/C15H23NO4/c1-18-11-8-7-10(14(19-2)15(11)20-3)12(16)13(17)9-5-4-6-9/h7-9,12-13,17H,4-6,16H2,1-3H3/t12-,13+/m0/s1. The Morgan fingerprint density at radius 1 is 1.10 bits per heavy atom. The highest BCUT2D eigenvalue weighted by Crippen LogP contribution is 2.44. The Hall–Kier alpha value is -1.46. The minimum Gasteiger partial charge on any atom is -0.493 e. The van der Waals surface area contributed by atoms with E-state index in [4.69, 9.17) is 19.9 Å². The Morgan fingerprint density at radius 2 is 1.75 bits per heavy atom. The molecular formula is C15H23NO4. The van der Waals surface area contributed by atoms with E-state index in [1.165, 1.54) is 0 Å². The second-order valence-corrected chi connectivity index (χ2v) is 5.13. The lowest BCUT2D eigenvalue weighted by molar-refractivity contribution is 0.0406. The van der Waals surface area contributed by atoms with Crippen LogP contribution < -0.4 is 19.9 Å². The summed E-state index contributed by atoms with van der Waals surface area (Å²) in [6.07, 6.45) is 2.67. The van der Waals surface area contributed by atoms with Crippen LogP contribution in [0, 0.1) is 5.92 Å². The van der Waals surface area contributed by atoms with E-state index in [0.717, 1.165) is 24.8 Å². The highest BCUT2D eigenvalue weighted by Gasteiger charge is 2.33. The number of nitrogens with two attached hydrogens (primary N) is 1. The van der Waals surface area contributed by atoms with Crippen molar-refractivity contribution in [2.24, 2.45) is 11.7 Å². The van der Waals surface area contributed by atoms with E-state index in [0.29, 0.717) is 17.2 Å². The predicted octanol–water partition coefficient (Wildman–Crippen LogP) is 1.87. The summed E-state index contributed by atoms with van der Waals surface area (Å²) in [4.78, 5) is 0. The second kappa shape index (κ2) is 6.33. The van der Waals surface area contributed by atoms with Crippen molar-refractivity contribution in [3.63, 3.8) is 0 Å². The van der Waals surface area contributed by atoms with Gasteiger partial charge in [0.25, 0.3) is 0 Å². The molecule has 1 fully saturated rings. The monoisotopic (exact) mass is 281 g/mol. The lowest BCUT2D eigenvalue weighted by Crippen LogP contribution is -2.36. The summed E-state index contributed by atoms with van der Waals surface area (Å²) in [7, 11) is 4.68. The van der Waals surface area contributed by atoms with E-state index in [2.05, 4.69) is 0 Å². The maximum Gasteiger partial charge on any atom is 0.203 e. The number of aliphatic hydroxyl groups is 1. The van der Waals surface area contributed by atoms with Crippen molar-refractivity contribution < 1.29 is 19.3 Å². The number of ether oxygens (including phenoxy) is 3. The molecule has 0 saturated heterocycles. The first-order valence-corrected chi connectivity index (χ1v) is 6.86. The summed E-state index contributed by atoms with van der Waals surface area (Å²) in [5.41, 5.74) is 6.95. The lowest BCUT2D eigenvalue weighted by atomic mass is 9.77. The van der Waals surface area contributed by atoms with Crippen molar-refractivity contribution in [2.45, 2.75) is 31.4 Å². The van der Waals surface area contributed by atoms with Gasteiger partial charge in [0.15, 0.2) is 11.5 Å². The third kappa shape index (κ3) is 2.55. The van der Waals surface area contributed by atoms with E-state index in [9.17, 15) is 5.11 Å². The minimum absolute atomic E-state index is 0.280. The smallest absolute Gasteiger partial charge is 0.203 e. The molecular weight excluding hydrogens is 258 g/mol. The molecule has 5 nitrogen and oxygen atoms in total. The third-order valence-corrected chi connectivity index (χ3v) is 4.09. The molecule has 0 amide bonds. The molecule has 0 bridgehead atoms. The molecule has 5 heteroatoms. The Kier molecular flexibility index (Phi) is 4.73. The first-order valence-electron chi connectivity index (χ1n) is 6.86.